The fourth-order valence-corrected chi connectivity index (χ4v) is 4.16. The van der Waals surface area contributed by atoms with Crippen molar-refractivity contribution in [1.29, 1.82) is 0 Å². The number of nitrogens with zero attached hydrogens (tertiary/aromatic N) is 2. The summed E-state index contributed by atoms with van der Waals surface area (Å²) in [6, 6.07) is 13.3. The van der Waals surface area contributed by atoms with Gasteiger partial charge in [-0.05, 0) is 61.1 Å². The van der Waals surface area contributed by atoms with E-state index in [2.05, 4.69) is 60.2 Å². The normalized spacial score (nSPS) is 11.7. The average molecular weight is 403 g/mol. The molecule has 0 radical (unpaired) electrons. The Morgan fingerprint density at radius 2 is 1.07 bits per heavy atom. The minimum absolute atomic E-state index is 0.864. The molecule has 0 spiro atoms. The lowest BCUT2D eigenvalue weighted by atomic mass is 10.1. The molecule has 4 nitrogen and oxygen atoms in total. The van der Waals surface area contributed by atoms with E-state index in [1.54, 1.807) is 0 Å². The highest BCUT2D eigenvalue weighted by molar-refractivity contribution is 5.76. The minimum atomic E-state index is 0.864. The van der Waals surface area contributed by atoms with E-state index in [1.165, 1.54) is 49.7 Å². The summed E-state index contributed by atoms with van der Waals surface area (Å²) < 4.78 is 0. The van der Waals surface area contributed by atoms with Crippen molar-refractivity contribution in [2.45, 2.75) is 78.1 Å². The van der Waals surface area contributed by atoms with E-state index in [-0.39, 0.29) is 0 Å². The van der Waals surface area contributed by atoms with Crippen LogP contribution < -0.4 is 0 Å². The lowest BCUT2D eigenvalue weighted by Crippen LogP contribution is -1.95. The Bertz CT molecular complexity index is 1000. The molecular weight excluding hydrogens is 368 g/mol. The first-order chi connectivity index (χ1) is 14.7. The number of hydrogen-bond acceptors (Lipinski definition) is 2. The first kappa shape index (κ1) is 20.6. The highest BCUT2D eigenvalue weighted by Gasteiger charge is 2.08. The summed E-state index contributed by atoms with van der Waals surface area (Å²) in [4.78, 5) is 16.6. The summed E-state index contributed by atoms with van der Waals surface area (Å²) in [5, 5.41) is 0. The number of aromatic amines is 2. The second-order valence-electron chi connectivity index (χ2n) is 8.48. The number of H-pyrrole nitrogens is 2. The Morgan fingerprint density at radius 1 is 0.600 bits per heavy atom. The van der Waals surface area contributed by atoms with Crippen LogP contribution in [0.1, 0.15) is 75.1 Å². The molecule has 2 aromatic carbocycles. The molecule has 0 aliphatic rings. The largest absolute Gasteiger partial charge is 0.342 e. The van der Waals surface area contributed by atoms with Crippen molar-refractivity contribution < 1.29 is 0 Å². The molecule has 30 heavy (non-hydrogen) atoms. The molecule has 0 unspecified atom stereocenters. The van der Waals surface area contributed by atoms with Crippen LogP contribution in [0.3, 0.4) is 0 Å². The number of rotatable bonds is 11. The third-order valence-corrected chi connectivity index (χ3v) is 5.93. The molecule has 158 valence electrons. The standard InChI is InChI=1S/C26H34N4/c1-3-5-7-9-19-11-13-21-23(17-19)29-25(27-21)15-16-26-28-22-14-12-20(10-8-6-4-2)18-24(22)30-26/h11-14,17-18H,3-10,15-16H2,1-2H3,(H,27,29)(H,28,30). The lowest BCUT2D eigenvalue weighted by Gasteiger charge is -2.00. The van der Waals surface area contributed by atoms with Gasteiger partial charge in [0, 0.05) is 12.8 Å². The molecule has 0 aliphatic carbocycles. The third-order valence-electron chi connectivity index (χ3n) is 5.93. The minimum Gasteiger partial charge on any atom is -0.342 e. The topological polar surface area (TPSA) is 57.4 Å². The van der Waals surface area contributed by atoms with Crippen molar-refractivity contribution >= 4 is 22.1 Å². The zero-order valence-electron chi connectivity index (χ0n) is 18.4. The van der Waals surface area contributed by atoms with Gasteiger partial charge in [0.05, 0.1) is 22.1 Å². The first-order valence-electron chi connectivity index (χ1n) is 11.7. The van der Waals surface area contributed by atoms with Crippen LogP contribution in [0.15, 0.2) is 36.4 Å². The Balaban J connectivity index is 1.39. The second kappa shape index (κ2) is 9.92. The number of imidazole rings is 2. The maximum absolute atomic E-state index is 4.78. The van der Waals surface area contributed by atoms with E-state index >= 15 is 0 Å². The Morgan fingerprint density at radius 3 is 1.50 bits per heavy atom. The molecule has 0 saturated heterocycles. The van der Waals surface area contributed by atoms with Gasteiger partial charge in [0.2, 0.25) is 0 Å². The second-order valence-corrected chi connectivity index (χ2v) is 8.48. The summed E-state index contributed by atoms with van der Waals surface area (Å²) in [5.74, 6) is 2.08. The third kappa shape index (κ3) is 5.10. The van der Waals surface area contributed by atoms with E-state index in [0.29, 0.717) is 0 Å². The Hall–Kier alpha value is -2.62. The van der Waals surface area contributed by atoms with Crippen LogP contribution >= 0.6 is 0 Å². The molecule has 2 N–H and O–H groups in total. The molecule has 0 amide bonds. The van der Waals surface area contributed by atoms with Gasteiger partial charge in [-0.15, -0.1) is 0 Å². The van der Waals surface area contributed by atoms with Crippen LogP contribution in [0.4, 0.5) is 0 Å². The van der Waals surface area contributed by atoms with Gasteiger partial charge in [0.25, 0.3) is 0 Å². The Labute approximate surface area is 179 Å². The van der Waals surface area contributed by atoms with E-state index in [4.69, 9.17) is 9.97 Å². The molecular formula is C26H34N4. The number of fused-ring (bicyclic) bond motifs is 2. The van der Waals surface area contributed by atoms with Crippen molar-refractivity contribution in [2.75, 3.05) is 0 Å². The zero-order chi connectivity index (χ0) is 20.8. The smallest absolute Gasteiger partial charge is 0.107 e. The summed E-state index contributed by atoms with van der Waals surface area (Å²) in [7, 11) is 0. The quantitative estimate of drug-likeness (QED) is 0.275. The molecule has 0 bridgehead atoms. The SMILES string of the molecule is CCCCCc1ccc2nc(CCc3nc4ccc(CCCCC)cc4[nH]3)[nH]c2c1. The van der Waals surface area contributed by atoms with Crippen molar-refractivity contribution in [1.82, 2.24) is 19.9 Å². The summed E-state index contributed by atoms with van der Waals surface area (Å²) in [6.07, 6.45) is 11.7. The number of aromatic nitrogens is 4. The van der Waals surface area contributed by atoms with Crippen LogP contribution in [0.25, 0.3) is 22.1 Å². The molecule has 2 aromatic heterocycles. The summed E-state index contributed by atoms with van der Waals surface area (Å²) >= 11 is 0. The average Bonchev–Trinajstić information content (AvgIpc) is 3.35. The van der Waals surface area contributed by atoms with Gasteiger partial charge in [-0.25, -0.2) is 9.97 Å². The lowest BCUT2D eigenvalue weighted by molar-refractivity contribution is 0.718. The van der Waals surface area contributed by atoms with Crippen LogP contribution in [-0.4, -0.2) is 19.9 Å². The maximum atomic E-state index is 4.78. The van der Waals surface area contributed by atoms with Crippen molar-refractivity contribution in [3.05, 3.63) is 59.2 Å². The van der Waals surface area contributed by atoms with Crippen LogP contribution in [0, 0.1) is 0 Å². The van der Waals surface area contributed by atoms with Crippen LogP contribution in [-0.2, 0) is 25.7 Å². The van der Waals surface area contributed by atoms with Gasteiger partial charge in [-0.2, -0.15) is 0 Å². The van der Waals surface area contributed by atoms with Crippen LogP contribution in [0.5, 0.6) is 0 Å². The summed E-state index contributed by atoms with van der Waals surface area (Å²) in [6.45, 7) is 4.50. The number of benzene rings is 2. The fraction of sp³-hybridized carbons (Fsp3) is 0.462. The van der Waals surface area contributed by atoms with Gasteiger partial charge >= 0.3 is 0 Å². The van der Waals surface area contributed by atoms with E-state index in [9.17, 15) is 0 Å². The molecule has 0 fully saturated rings. The zero-order valence-corrected chi connectivity index (χ0v) is 18.4. The van der Waals surface area contributed by atoms with Gasteiger partial charge in [0.1, 0.15) is 11.6 Å². The molecule has 4 heteroatoms. The first-order valence-corrected chi connectivity index (χ1v) is 11.7. The summed E-state index contributed by atoms with van der Waals surface area (Å²) in [5.41, 5.74) is 7.23. The predicted octanol–water partition coefficient (Wildman–Crippen LogP) is 6.69. The van der Waals surface area contributed by atoms with Gasteiger partial charge in [-0.1, -0.05) is 51.7 Å². The number of hydrogen-bond donors (Lipinski definition) is 2. The number of nitrogens with one attached hydrogen (secondary N) is 2. The molecule has 4 rings (SSSR count). The molecule has 0 aliphatic heterocycles. The molecule has 0 saturated carbocycles. The monoisotopic (exact) mass is 402 g/mol. The van der Waals surface area contributed by atoms with E-state index < -0.39 is 0 Å². The number of unbranched alkanes of at least 4 members (excludes halogenated alkanes) is 4. The van der Waals surface area contributed by atoms with Crippen LogP contribution in [0.2, 0.25) is 0 Å². The number of aryl methyl sites for hydroxylation is 4. The van der Waals surface area contributed by atoms with E-state index in [0.717, 1.165) is 59.4 Å². The van der Waals surface area contributed by atoms with Crippen molar-refractivity contribution in [3.8, 4) is 0 Å². The molecule has 0 atom stereocenters. The highest BCUT2D eigenvalue weighted by Crippen LogP contribution is 2.19. The maximum Gasteiger partial charge on any atom is 0.107 e. The van der Waals surface area contributed by atoms with Gasteiger partial charge in [-0.3, -0.25) is 0 Å². The molecule has 4 aromatic rings. The van der Waals surface area contributed by atoms with Crippen molar-refractivity contribution in [3.63, 3.8) is 0 Å². The predicted molar refractivity (Wildman–Crippen MR) is 126 cm³/mol. The molecule has 2 heterocycles. The Kier molecular flexibility index (Phi) is 6.83. The highest BCUT2D eigenvalue weighted by atomic mass is 14.9. The fourth-order valence-electron chi connectivity index (χ4n) is 4.16. The van der Waals surface area contributed by atoms with Gasteiger partial charge < -0.3 is 9.97 Å². The van der Waals surface area contributed by atoms with Crippen molar-refractivity contribution in [2.24, 2.45) is 0 Å². The van der Waals surface area contributed by atoms with E-state index in [1.807, 2.05) is 0 Å². The van der Waals surface area contributed by atoms with Gasteiger partial charge in [0.15, 0.2) is 0 Å².